The van der Waals surface area contributed by atoms with Gasteiger partial charge in [-0.25, -0.2) is 0 Å². The first-order valence-corrected chi connectivity index (χ1v) is 10.2. The highest BCUT2D eigenvalue weighted by atomic mass is 16.5. The van der Waals surface area contributed by atoms with E-state index in [-0.39, 0.29) is 0 Å². The predicted octanol–water partition coefficient (Wildman–Crippen LogP) is 5.64. The van der Waals surface area contributed by atoms with Crippen molar-refractivity contribution in [3.8, 4) is 22.9 Å². The second-order valence-electron chi connectivity index (χ2n) is 6.75. The van der Waals surface area contributed by atoms with Gasteiger partial charge in [0.05, 0.1) is 6.61 Å². The van der Waals surface area contributed by atoms with E-state index in [1.54, 1.807) is 0 Å². The van der Waals surface area contributed by atoms with E-state index in [1.165, 1.54) is 11.1 Å². The highest BCUT2D eigenvalue weighted by Crippen LogP contribution is 2.33. The van der Waals surface area contributed by atoms with Gasteiger partial charge in [-0.05, 0) is 61.4 Å². The van der Waals surface area contributed by atoms with Gasteiger partial charge >= 0.3 is 0 Å². The van der Waals surface area contributed by atoms with Gasteiger partial charge in [-0.15, -0.1) is 0 Å². The topological polar surface area (TPSA) is 45.5 Å². The zero-order valence-corrected chi connectivity index (χ0v) is 17.4. The third kappa shape index (κ3) is 4.70. The molecule has 150 valence electrons. The molecular weight excluding hydrogens is 360 g/mol. The van der Waals surface area contributed by atoms with Crippen LogP contribution in [0.15, 0.2) is 54.6 Å². The summed E-state index contributed by atoms with van der Waals surface area (Å²) in [4.78, 5) is 2.34. The molecule has 0 saturated carbocycles. The molecule has 0 radical (unpaired) electrons. The van der Waals surface area contributed by atoms with Crippen LogP contribution in [-0.2, 0) is 4.74 Å². The quantitative estimate of drug-likeness (QED) is 0.445. The molecule has 0 saturated heterocycles. The van der Waals surface area contributed by atoms with Gasteiger partial charge in [-0.2, -0.15) is 5.26 Å². The molecule has 0 aromatic heterocycles. The first-order valence-electron chi connectivity index (χ1n) is 10.2. The van der Waals surface area contributed by atoms with E-state index >= 15 is 0 Å². The smallest absolute Gasteiger partial charge is 0.137 e. The lowest BCUT2D eigenvalue weighted by Crippen LogP contribution is -2.21. The van der Waals surface area contributed by atoms with Gasteiger partial charge in [0.15, 0.2) is 0 Å². The molecule has 0 atom stereocenters. The Bertz CT molecular complexity index is 1000. The molecule has 3 aromatic rings. The van der Waals surface area contributed by atoms with E-state index in [1.807, 2.05) is 25.1 Å². The average Bonchev–Trinajstić information content (AvgIpc) is 2.77. The molecule has 0 fully saturated rings. The van der Waals surface area contributed by atoms with Crippen molar-refractivity contribution in [3.63, 3.8) is 0 Å². The highest BCUT2D eigenvalue weighted by molar-refractivity contribution is 5.90. The Morgan fingerprint density at radius 1 is 0.897 bits per heavy atom. The second-order valence-corrected chi connectivity index (χ2v) is 6.75. The normalized spacial score (nSPS) is 10.7. The van der Waals surface area contributed by atoms with Crippen LogP contribution in [-0.4, -0.2) is 32.9 Å². The van der Waals surface area contributed by atoms with Crippen molar-refractivity contribution in [2.24, 2.45) is 0 Å². The zero-order valence-electron chi connectivity index (χ0n) is 17.4. The number of rotatable bonds is 9. The Hall–Kier alpha value is -3.03. The lowest BCUT2D eigenvalue weighted by atomic mass is 9.97. The molecule has 29 heavy (non-hydrogen) atoms. The van der Waals surface area contributed by atoms with E-state index in [2.05, 4.69) is 61.2 Å². The first kappa shape index (κ1) is 20.7. The molecule has 4 nitrogen and oxygen atoms in total. The Balaban J connectivity index is 1.93. The van der Waals surface area contributed by atoms with Crippen LogP contribution in [0.25, 0.3) is 21.9 Å². The minimum absolute atomic E-state index is 0.428. The summed E-state index contributed by atoms with van der Waals surface area (Å²) in [7, 11) is 0. The van der Waals surface area contributed by atoms with Crippen molar-refractivity contribution in [2.75, 3.05) is 37.8 Å². The standard InChI is InChI=1S/C25H28N2O2/c1-4-27(5-2)22-13-12-19-16-21(11-10-20(19)17-22)23-8-7-9-25(24(23)18-26)29-15-14-28-6-3/h7-13,16-17H,4-6,14-15H2,1-3H3. The van der Waals surface area contributed by atoms with Gasteiger partial charge in [0, 0.05) is 30.9 Å². The number of hydrogen-bond donors (Lipinski definition) is 0. The zero-order chi connectivity index (χ0) is 20.6. The van der Waals surface area contributed by atoms with Crippen molar-refractivity contribution in [2.45, 2.75) is 20.8 Å². The third-order valence-corrected chi connectivity index (χ3v) is 5.09. The Morgan fingerprint density at radius 2 is 1.66 bits per heavy atom. The van der Waals surface area contributed by atoms with E-state index < -0.39 is 0 Å². The van der Waals surface area contributed by atoms with Gasteiger partial charge in [-0.3, -0.25) is 0 Å². The van der Waals surface area contributed by atoms with Crippen LogP contribution < -0.4 is 9.64 Å². The van der Waals surface area contributed by atoms with E-state index in [4.69, 9.17) is 9.47 Å². The lowest BCUT2D eigenvalue weighted by molar-refractivity contribution is 0.110. The maximum absolute atomic E-state index is 9.76. The molecule has 0 aliphatic carbocycles. The van der Waals surface area contributed by atoms with Gasteiger partial charge < -0.3 is 14.4 Å². The molecule has 3 aromatic carbocycles. The van der Waals surface area contributed by atoms with Gasteiger partial charge in [-0.1, -0.05) is 30.3 Å². The van der Waals surface area contributed by atoms with Crippen LogP contribution in [0.3, 0.4) is 0 Å². The fraction of sp³-hybridized carbons (Fsp3) is 0.320. The minimum atomic E-state index is 0.428. The molecule has 0 amide bonds. The highest BCUT2D eigenvalue weighted by Gasteiger charge is 2.12. The molecular formula is C25H28N2O2. The van der Waals surface area contributed by atoms with Gasteiger partial charge in [0.2, 0.25) is 0 Å². The predicted molar refractivity (Wildman–Crippen MR) is 120 cm³/mol. The molecule has 0 heterocycles. The van der Waals surface area contributed by atoms with Crippen molar-refractivity contribution < 1.29 is 9.47 Å². The van der Waals surface area contributed by atoms with E-state index in [9.17, 15) is 5.26 Å². The number of anilines is 1. The average molecular weight is 389 g/mol. The molecule has 0 aliphatic rings. The summed E-state index contributed by atoms with van der Waals surface area (Å²) in [6.45, 7) is 9.86. The number of nitriles is 1. The Morgan fingerprint density at radius 3 is 2.38 bits per heavy atom. The summed E-state index contributed by atoms with van der Waals surface area (Å²) in [6.07, 6.45) is 0. The summed E-state index contributed by atoms with van der Waals surface area (Å²) < 4.78 is 11.1. The lowest BCUT2D eigenvalue weighted by Gasteiger charge is -2.21. The van der Waals surface area contributed by atoms with Gasteiger partial charge in [0.25, 0.3) is 0 Å². The molecule has 0 spiro atoms. The maximum Gasteiger partial charge on any atom is 0.137 e. The Kier molecular flexibility index (Phi) is 7.10. The third-order valence-electron chi connectivity index (χ3n) is 5.09. The maximum atomic E-state index is 9.76. The second kappa shape index (κ2) is 9.95. The van der Waals surface area contributed by atoms with E-state index in [0.717, 1.165) is 29.6 Å². The van der Waals surface area contributed by atoms with E-state index in [0.29, 0.717) is 31.1 Å². The first-order chi connectivity index (χ1) is 14.2. The van der Waals surface area contributed by atoms with Crippen LogP contribution in [0.4, 0.5) is 5.69 Å². The van der Waals surface area contributed by atoms with Crippen molar-refractivity contribution in [1.29, 1.82) is 5.26 Å². The number of benzene rings is 3. The molecule has 0 bridgehead atoms. The van der Waals surface area contributed by atoms with Crippen molar-refractivity contribution in [1.82, 2.24) is 0 Å². The number of fused-ring (bicyclic) bond motifs is 1. The van der Waals surface area contributed by atoms with Gasteiger partial charge in [0.1, 0.15) is 24.0 Å². The van der Waals surface area contributed by atoms with Crippen LogP contribution in [0.2, 0.25) is 0 Å². The Labute approximate surface area is 173 Å². The molecule has 0 aliphatic heterocycles. The van der Waals surface area contributed by atoms with Crippen LogP contribution in [0.1, 0.15) is 26.3 Å². The van der Waals surface area contributed by atoms with Crippen molar-refractivity contribution >= 4 is 16.5 Å². The van der Waals surface area contributed by atoms with Crippen molar-refractivity contribution in [3.05, 3.63) is 60.2 Å². The summed E-state index contributed by atoms with van der Waals surface area (Å²) in [6, 6.07) is 20.9. The monoisotopic (exact) mass is 388 g/mol. The molecule has 0 unspecified atom stereocenters. The number of nitrogens with zero attached hydrogens (tertiary/aromatic N) is 2. The van der Waals surface area contributed by atoms with Crippen LogP contribution >= 0.6 is 0 Å². The summed E-state index contributed by atoms with van der Waals surface area (Å²) in [5, 5.41) is 12.1. The number of ether oxygens (including phenoxy) is 2. The summed E-state index contributed by atoms with van der Waals surface area (Å²) in [5.74, 6) is 0.599. The largest absolute Gasteiger partial charge is 0.490 e. The summed E-state index contributed by atoms with van der Waals surface area (Å²) >= 11 is 0. The fourth-order valence-electron chi connectivity index (χ4n) is 3.55. The summed E-state index contributed by atoms with van der Waals surface area (Å²) in [5.41, 5.74) is 3.69. The minimum Gasteiger partial charge on any atom is -0.490 e. The fourth-order valence-corrected chi connectivity index (χ4v) is 3.55. The van der Waals surface area contributed by atoms with Crippen LogP contribution in [0.5, 0.6) is 5.75 Å². The molecule has 0 N–H and O–H groups in total. The number of hydrogen-bond acceptors (Lipinski definition) is 4. The molecule has 4 heteroatoms. The molecule has 3 rings (SSSR count). The SMILES string of the molecule is CCOCCOc1cccc(-c2ccc3cc(N(CC)CC)ccc3c2)c1C#N. The van der Waals surface area contributed by atoms with Crippen LogP contribution in [0, 0.1) is 11.3 Å².